The number of carbonyl (C=O) groups excluding carboxylic acids is 2. The number of methoxy groups -OCH3 is 1. The second kappa shape index (κ2) is 12.3. The van der Waals surface area contributed by atoms with Crippen LogP contribution in [0.3, 0.4) is 0 Å². The molecule has 0 aliphatic heterocycles. The van der Waals surface area contributed by atoms with E-state index in [1.165, 1.54) is 11.2 Å². The second-order valence-corrected chi connectivity index (χ2v) is 13.2. The number of nitrogens with zero attached hydrogens (tertiary/aromatic N) is 1. The largest absolute Gasteiger partial charge is 0.381 e. The molecule has 0 radical (unpaired) electrons. The molecule has 0 saturated heterocycles. The fourth-order valence-electron chi connectivity index (χ4n) is 5.62. The van der Waals surface area contributed by atoms with Gasteiger partial charge in [-0.25, -0.2) is 8.42 Å². The van der Waals surface area contributed by atoms with Crippen molar-refractivity contribution in [2.75, 3.05) is 13.7 Å². The van der Waals surface area contributed by atoms with Gasteiger partial charge < -0.3 is 15.4 Å². The first-order chi connectivity index (χ1) is 15.7. The van der Waals surface area contributed by atoms with E-state index in [0.29, 0.717) is 38.5 Å². The molecule has 3 saturated carbocycles. The lowest BCUT2D eigenvalue weighted by Crippen LogP contribution is -2.54. The van der Waals surface area contributed by atoms with Gasteiger partial charge in [0.25, 0.3) is 0 Å². The van der Waals surface area contributed by atoms with E-state index in [0.717, 1.165) is 38.5 Å². The van der Waals surface area contributed by atoms with Crippen LogP contribution >= 0.6 is 15.9 Å². The van der Waals surface area contributed by atoms with E-state index in [1.807, 2.05) is 0 Å². The van der Waals surface area contributed by atoms with Gasteiger partial charge in [0.15, 0.2) is 0 Å². The van der Waals surface area contributed by atoms with E-state index in [1.54, 1.807) is 7.11 Å². The lowest BCUT2D eigenvalue weighted by atomic mass is 9.93. The van der Waals surface area contributed by atoms with Gasteiger partial charge in [-0.1, -0.05) is 28.8 Å². The molecule has 2 N–H and O–H groups in total. The average molecular weight is 551 g/mol. The highest BCUT2D eigenvalue weighted by molar-refractivity contribution is 9.09. The summed E-state index contributed by atoms with van der Waals surface area (Å²) >= 11 is 3.67. The van der Waals surface area contributed by atoms with Crippen molar-refractivity contribution in [1.29, 1.82) is 0 Å². The summed E-state index contributed by atoms with van der Waals surface area (Å²) in [6.07, 6.45) is 9.63. The van der Waals surface area contributed by atoms with E-state index in [4.69, 9.17) is 4.74 Å². The van der Waals surface area contributed by atoms with Crippen molar-refractivity contribution >= 4 is 37.8 Å². The van der Waals surface area contributed by atoms with Crippen LogP contribution < -0.4 is 10.6 Å². The maximum Gasteiger partial charge on any atom is 0.235 e. The Bertz CT molecular complexity index is 764. The molecule has 3 fully saturated rings. The Morgan fingerprint density at radius 2 is 1.58 bits per heavy atom. The van der Waals surface area contributed by atoms with Crippen LogP contribution in [0.4, 0.5) is 0 Å². The van der Waals surface area contributed by atoms with E-state index < -0.39 is 15.3 Å². The monoisotopic (exact) mass is 549 g/mol. The van der Waals surface area contributed by atoms with Crippen molar-refractivity contribution in [1.82, 2.24) is 14.9 Å². The zero-order valence-corrected chi connectivity index (χ0v) is 22.3. The maximum absolute atomic E-state index is 13.8. The van der Waals surface area contributed by atoms with Crippen LogP contribution in [-0.2, 0) is 24.3 Å². The number of rotatable bonds is 8. The topological polar surface area (TPSA) is 105 Å². The SMILES string of the molecule is COC1CCC(N(CC(=O)NC2CCCCC2Br)S(=O)(=O)C2CCC(NC(C)=O)CC2)CC1. The highest BCUT2D eigenvalue weighted by atomic mass is 79.9. The molecule has 2 amide bonds. The average Bonchev–Trinajstić information content (AvgIpc) is 2.79. The highest BCUT2D eigenvalue weighted by Gasteiger charge is 2.41. The Labute approximate surface area is 207 Å². The molecule has 2 unspecified atom stereocenters. The van der Waals surface area contributed by atoms with Crippen molar-refractivity contribution in [2.45, 2.75) is 118 Å². The molecule has 3 aliphatic rings. The van der Waals surface area contributed by atoms with E-state index >= 15 is 0 Å². The van der Waals surface area contributed by atoms with Crippen molar-refractivity contribution in [3.63, 3.8) is 0 Å². The lowest BCUT2D eigenvalue weighted by Gasteiger charge is -2.39. The Balaban J connectivity index is 1.69. The molecule has 0 aromatic carbocycles. The number of nitrogens with one attached hydrogen (secondary N) is 2. The fraction of sp³-hybridized carbons (Fsp3) is 0.913. The van der Waals surface area contributed by atoms with Gasteiger partial charge in [-0.05, 0) is 64.2 Å². The third-order valence-electron chi connectivity index (χ3n) is 7.54. The molecule has 0 aromatic heterocycles. The first-order valence-corrected chi connectivity index (χ1v) is 14.9. The summed E-state index contributed by atoms with van der Waals surface area (Å²) in [5.74, 6) is -0.293. The molecule has 0 bridgehead atoms. The van der Waals surface area contributed by atoms with Crippen molar-refractivity contribution in [3.05, 3.63) is 0 Å². The van der Waals surface area contributed by atoms with Crippen molar-refractivity contribution < 1.29 is 22.7 Å². The van der Waals surface area contributed by atoms with Gasteiger partial charge in [-0.15, -0.1) is 0 Å². The third-order valence-corrected chi connectivity index (χ3v) is 11.0. The molecule has 190 valence electrons. The Hall–Kier alpha value is -0.710. The zero-order valence-electron chi connectivity index (χ0n) is 19.9. The molecule has 0 spiro atoms. The number of alkyl halides is 1. The quantitative estimate of drug-likeness (QED) is 0.453. The van der Waals surface area contributed by atoms with Gasteiger partial charge in [0, 0.05) is 37.0 Å². The van der Waals surface area contributed by atoms with Crippen LogP contribution in [0.1, 0.15) is 84.0 Å². The van der Waals surface area contributed by atoms with E-state index in [-0.39, 0.29) is 47.4 Å². The molecule has 10 heteroatoms. The summed E-state index contributed by atoms with van der Waals surface area (Å²) in [5.41, 5.74) is 0. The summed E-state index contributed by atoms with van der Waals surface area (Å²) in [7, 11) is -1.95. The van der Waals surface area contributed by atoms with Crippen LogP contribution in [0.5, 0.6) is 0 Å². The number of ether oxygens (including phenoxy) is 1. The number of halogens is 1. The maximum atomic E-state index is 13.8. The fourth-order valence-corrected chi connectivity index (χ4v) is 8.52. The molecule has 2 atom stereocenters. The minimum Gasteiger partial charge on any atom is -0.381 e. The minimum atomic E-state index is -3.64. The lowest BCUT2D eigenvalue weighted by molar-refractivity contribution is -0.123. The van der Waals surface area contributed by atoms with Gasteiger partial charge in [-0.3, -0.25) is 9.59 Å². The van der Waals surface area contributed by atoms with Gasteiger partial charge in [0.05, 0.1) is 17.9 Å². The van der Waals surface area contributed by atoms with Crippen LogP contribution in [0.15, 0.2) is 0 Å². The standard InChI is InChI=1S/C23H40BrN3O5S/c1-16(28)25-17-7-13-20(14-8-17)33(30,31)27(18-9-11-19(32-2)12-10-18)15-23(29)26-22-6-4-3-5-21(22)24/h17-22H,3-15H2,1-2H3,(H,25,28)(H,26,29). The number of hydrogen-bond donors (Lipinski definition) is 2. The second-order valence-electron chi connectivity index (χ2n) is 9.91. The first-order valence-electron chi connectivity index (χ1n) is 12.4. The van der Waals surface area contributed by atoms with Crippen LogP contribution in [-0.4, -0.2) is 72.5 Å². The predicted molar refractivity (Wildman–Crippen MR) is 132 cm³/mol. The predicted octanol–water partition coefficient (Wildman–Crippen LogP) is 2.85. The zero-order chi connectivity index (χ0) is 24.0. The Morgan fingerprint density at radius 3 is 2.15 bits per heavy atom. The number of sulfonamides is 1. The molecule has 3 aliphatic carbocycles. The molecule has 3 rings (SSSR count). The summed E-state index contributed by atoms with van der Waals surface area (Å²) in [5, 5.41) is 5.50. The Morgan fingerprint density at radius 1 is 0.939 bits per heavy atom. The number of amides is 2. The van der Waals surface area contributed by atoms with Crippen molar-refractivity contribution in [2.24, 2.45) is 0 Å². The van der Waals surface area contributed by atoms with Gasteiger partial charge in [0.1, 0.15) is 0 Å². The summed E-state index contributed by atoms with van der Waals surface area (Å²) in [6, 6.07) is -0.0931. The van der Waals surface area contributed by atoms with Crippen LogP contribution in [0.25, 0.3) is 0 Å². The molecular formula is C23H40BrN3O5S. The van der Waals surface area contributed by atoms with Crippen LogP contribution in [0.2, 0.25) is 0 Å². The van der Waals surface area contributed by atoms with Gasteiger partial charge >= 0.3 is 0 Å². The summed E-state index contributed by atoms with van der Waals surface area (Å²) < 4.78 is 34.5. The molecule has 0 aromatic rings. The smallest absolute Gasteiger partial charge is 0.235 e. The number of carbonyl (C=O) groups is 2. The molecular weight excluding hydrogens is 510 g/mol. The molecule has 33 heavy (non-hydrogen) atoms. The van der Waals surface area contributed by atoms with Gasteiger partial charge in [0.2, 0.25) is 21.8 Å². The summed E-state index contributed by atoms with van der Waals surface area (Å²) in [4.78, 5) is 24.6. The van der Waals surface area contributed by atoms with E-state index in [9.17, 15) is 18.0 Å². The first kappa shape index (κ1) is 26.9. The third kappa shape index (κ3) is 7.39. The Kier molecular flexibility index (Phi) is 10.0. The van der Waals surface area contributed by atoms with E-state index in [2.05, 4.69) is 26.6 Å². The minimum absolute atomic E-state index is 0.0324. The normalized spacial score (nSPS) is 33.5. The number of hydrogen-bond acceptors (Lipinski definition) is 5. The summed E-state index contributed by atoms with van der Waals surface area (Å²) in [6.45, 7) is 1.37. The highest BCUT2D eigenvalue weighted by Crippen LogP contribution is 2.32. The molecule has 8 nitrogen and oxygen atoms in total. The van der Waals surface area contributed by atoms with Crippen LogP contribution in [0, 0.1) is 0 Å². The van der Waals surface area contributed by atoms with Gasteiger partial charge in [-0.2, -0.15) is 4.31 Å². The van der Waals surface area contributed by atoms with Crippen molar-refractivity contribution in [3.8, 4) is 0 Å². The molecule has 0 heterocycles.